The van der Waals surface area contributed by atoms with Crippen LogP contribution in [0.1, 0.15) is 29.5 Å². The van der Waals surface area contributed by atoms with Crippen LogP contribution in [0.15, 0.2) is 54.6 Å². The van der Waals surface area contributed by atoms with Crippen LogP contribution in [0.2, 0.25) is 0 Å². The van der Waals surface area contributed by atoms with Gasteiger partial charge >= 0.3 is 6.09 Å². The number of nitrogens with zero attached hydrogens (tertiary/aromatic N) is 3. The number of ether oxygens (including phenoxy) is 4. The lowest BCUT2D eigenvalue weighted by Crippen LogP contribution is -2.34. The summed E-state index contributed by atoms with van der Waals surface area (Å²) >= 11 is 0. The Hall–Kier alpha value is -4.90. The molecule has 0 aliphatic carbocycles. The van der Waals surface area contributed by atoms with E-state index in [0.29, 0.717) is 41.1 Å². The van der Waals surface area contributed by atoms with Crippen LogP contribution in [0, 0.1) is 32.5 Å². The van der Waals surface area contributed by atoms with Crippen LogP contribution in [0.5, 0.6) is 23.1 Å². The summed E-state index contributed by atoms with van der Waals surface area (Å²) in [5, 5.41) is 5.74. The Morgan fingerprint density at radius 2 is 1.80 bits per heavy atom. The average molecular weight is 630 g/mol. The highest BCUT2D eigenvalue weighted by atomic mass is 19.1. The van der Waals surface area contributed by atoms with Gasteiger partial charge in [0.15, 0.2) is 11.6 Å². The molecule has 4 aromatic rings. The molecule has 0 bridgehead atoms. The molecule has 1 fully saturated rings. The standard InChI is InChI=1S/C35H40FN5O5/c1-21-9-12-27(23(3)22(21)2)30-18-33(46-35(42)39-29-13-11-26(43-5)17-32(29)44-6)40-34(38-30)37-25-10-14-31(28(36)16-25)45-20-24-8-7-15-41(4)19-24/h9-14,16-18,24H,7-8,15,19-20H2,1-6H3,(H,39,42)(H,37,38,40). The molecule has 1 aliphatic heterocycles. The number of hydrogen-bond donors (Lipinski definition) is 2. The van der Waals surface area contributed by atoms with E-state index in [1.54, 1.807) is 43.5 Å². The summed E-state index contributed by atoms with van der Waals surface area (Å²) in [6, 6.07) is 15.2. The molecule has 1 saturated heterocycles. The lowest BCUT2D eigenvalue weighted by molar-refractivity contribution is 0.147. The third-order valence-corrected chi connectivity index (χ3v) is 8.26. The van der Waals surface area contributed by atoms with Crippen molar-refractivity contribution in [3.63, 3.8) is 0 Å². The minimum Gasteiger partial charge on any atom is -0.497 e. The van der Waals surface area contributed by atoms with Crippen molar-refractivity contribution in [2.45, 2.75) is 33.6 Å². The fraction of sp³-hybridized carbons (Fsp3) is 0.343. The minimum atomic E-state index is -0.785. The largest absolute Gasteiger partial charge is 0.497 e. The second kappa shape index (κ2) is 14.5. The second-order valence-electron chi connectivity index (χ2n) is 11.5. The lowest BCUT2D eigenvalue weighted by atomic mass is 9.97. The smallest absolute Gasteiger partial charge is 0.418 e. The Bertz CT molecular complexity index is 1720. The zero-order valence-corrected chi connectivity index (χ0v) is 27.1. The summed E-state index contributed by atoms with van der Waals surface area (Å²) in [4.78, 5) is 24.4. The molecule has 1 amide bonds. The molecule has 10 nitrogen and oxygen atoms in total. The molecule has 0 spiro atoms. The predicted molar refractivity (Wildman–Crippen MR) is 176 cm³/mol. The highest BCUT2D eigenvalue weighted by molar-refractivity contribution is 5.88. The highest BCUT2D eigenvalue weighted by Gasteiger charge is 2.19. The SMILES string of the molecule is COc1ccc(NC(=O)Oc2cc(-c3ccc(C)c(C)c3C)nc(Nc3ccc(OCC4CCCN(C)C4)c(F)c3)n2)c(OC)c1. The van der Waals surface area contributed by atoms with Gasteiger partial charge in [-0.25, -0.2) is 14.2 Å². The first-order valence-corrected chi connectivity index (χ1v) is 15.2. The number of rotatable bonds is 10. The van der Waals surface area contributed by atoms with Crippen molar-refractivity contribution in [3.8, 4) is 34.4 Å². The first-order valence-electron chi connectivity index (χ1n) is 15.2. The highest BCUT2D eigenvalue weighted by Crippen LogP contribution is 2.32. The molecule has 3 aromatic carbocycles. The average Bonchev–Trinajstić information content (AvgIpc) is 3.03. The van der Waals surface area contributed by atoms with Gasteiger partial charge in [0.25, 0.3) is 0 Å². The van der Waals surface area contributed by atoms with Crippen LogP contribution in [0.25, 0.3) is 11.3 Å². The predicted octanol–water partition coefficient (Wildman–Crippen LogP) is 7.30. The molecule has 0 saturated carbocycles. The molecular formula is C35H40FN5O5. The van der Waals surface area contributed by atoms with Crippen LogP contribution < -0.4 is 29.6 Å². The summed E-state index contributed by atoms with van der Waals surface area (Å²) < 4.78 is 37.2. The van der Waals surface area contributed by atoms with E-state index in [2.05, 4.69) is 27.6 Å². The number of amides is 1. The van der Waals surface area contributed by atoms with E-state index in [0.717, 1.165) is 48.2 Å². The van der Waals surface area contributed by atoms with Crippen LogP contribution in [0.4, 0.5) is 26.5 Å². The number of aromatic nitrogens is 2. The van der Waals surface area contributed by atoms with Gasteiger partial charge in [0.1, 0.15) is 11.5 Å². The van der Waals surface area contributed by atoms with Crippen molar-refractivity contribution in [3.05, 3.63) is 77.1 Å². The monoisotopic (exact) mass is 629 g/mol. The zero-order valence-electron chi connectivity index (χ0n) is 27.1. The molecule has 2 N–H and O–H groups in total. The number of methoxy groups -OCH3 is 2. The number of hydrogen-bond acceptors (Lipinski definition) is 9. The summed E-state index contributed by atoms with van der Waals surface area (Å²) in [7, 11) is 5.12. The summed E-state index contributed by atoms with van der Waals surface area (Å²) in [6.45, 7) is 8.56. The number of likely N-dealkylation sites (tertiary alicyclic amines) is 1. The van der Waals surface area contributed by atoms with E-state index >= 15 is 4.39 Å². The van der Waals surface area contributed by atoms with Crippen LogP contribution >= 0.6 is 0 Å². The Labute approximate surface area is 268 Å². The van der Waals surface area contributed by atoms with Gasteiger partial charge in [0.05, 0.1) is 32.2 Å². The van der Waals surface area contributed by atoms with Gasteiger partial charge in [0, 0.05) is 41.9 Å². The van der Waals surface area contributed by atoms with E-state index < -0.39 is 11.9 Å². The maximum atomic E-state index is 15.1. The van der Waals surface area contributed by atoms with Gasteiger partial charge in [-0.3, -0.25) is 5.32 Å². The lowest BCUT2D eigenvalue weighted by Gasteiger charge is -2.29. The van der Waals surface area contributed by atoms with Gasteiger partial charge in [0.2, 0.25) is 11.8 Å². The van der Waals surface area contributed by atoms with Crippen LogP contribution in [-0.4, -0.2) is 61.9 Å². The molecule has 242 valence electrons. The molecule has 2 heterocycles. The molecule has 0 radical (unpaired) electrons. The molecule has 1 unspecified atom stereocenters. The topological polar surface area (TPSA) is 107 Å². The molecule has 1 aromatic heterocycles. The Balaban J connectivity index is 1.38. The third-order valence-electron chi connectivity index (χ3n) is 8.26. The number of piperidine rings is 1. The number of carbonyl (C=O) groups is 1. The number of benzene rings is 3. The summed E-state index contributed by atoms with van der Waals surface area (Å²) in [5.74, 6) is 1.14. The fourth-order valence-electron chi connectivity index (χ4n) is 5.48. The van der Waals surface area contributed by atoms with Gasteiger partial charge in [-0.2, -0.15) is 4.98 Å². The van der Waals surface area contributed by atoms with E-state index in [1.165, 1.54) is 13.2 Å². The van der Waals surface area contributed by atoms with Gasteiger partial charge in [-0.15, -0.1) is 0 Å². The van der Waals surface area contributed by atoms with Crippen molar-refractivity contribution < 1.29 is 28.1 Å². The number of aryl methyl sites for hydroxylation is 1. The Morgan fingerprint density at radius 1 is 0.978 bits per heavy atom. The van der Waals surface area contributed by atoms with Crippen LogP contribution in [-0.2, 0) is 0 Å². The molecule has 5 rings (SSSR count). The molecule has 1 atom stereocenters. The first-order chi connectivity index (χ1) is 22.1. The first kappa shape index (κ1) is 32.5. The van der Waals surface area contributed by atoms with Gasteiger partial charge in [-0.05, 0) is 88.2 Å². The van der Waals surface area contributed by atoms with E-state index in [9.17, 15) is 4.79 Å². The molecule has 11 heteroatoms. The maximum absolute atomic E-state index is 15.1. The maximum Gasteiger partial charge on any atom is 0.418 e. The van der Waals surface area contributed by atoms with Crippen molar-refractivity contribution in [1.82, 2.24) is 14.9 Å². The fourth-order valence-corrected chi connectivity index (χ4v) is 5.48. The quantitative estimate of drug-likeness (QED) is 0.187. The summed E-state index contributed by atoms with van der Waals surface area (Å²) in [6.07, 6.45) is 1.39. The summed E-state index contributed by atoms with van der Waals surface area (Å²) in [5.41, 5.74) is 5.47. The molecule has 46 heavy (non-hydrogen) atoms. The van der Waals surface area contributed by atoms with E-state index in [4.69, 9.17) is 23.9 Å². The minimum absolute atomic E-state index is 0.00650. The third kappa shape index (κ3) is 7.84. The van der Waals surface area contributed by atoms with Crippen molar-refractivity contribution in [2.75, 3.05) is 51.6 Å². The van der Waals surface area contributed by atoms with Crippen LogP contribution in [0.3, 0.4) is 0 Å². The van der Waals surface area contributed by atoms with Gasteiger partial charge < -0.3 is 29.2 Å². The number of halogens is 1. The van der Waals surface area contributed by atoms with E-state index in [-0.39, 0.29) is 17.6 Å². The Kier molecular flexibility index (Phi) is 10.2. The second-order valence-corrected chi connectivity index (χ2v) is 11.5. The normalized spacial score (nSPS) is 14.8. The van der Waals surface area contributed by atoms with Crippen molar-refractivity contribution in [2.24, 2.45) is 5.92 Å². The van der Waals surface area contributed by atoms with Gasteiger partial charge in [-0.1, -0.05) is 12.1 Å². The van der Waals surface area contributed by atoms with Crippen molar-refractivity contribution in [1.29, 1.82) is 0 Å². The van der Waals surface area contributed by atoms with Crippen molar-refractivity contribution >= 4 is 23.4 Å². The number of anilines is 3. The zero-order chi connectivity index (χ0) is 32.8. The molecular weight excluding hydrogens is 589 g/mol. The van der Waals surface area contributed by atoms with E-state index in [1.807, 2.05) is 32.9 Å². The Morgan fingerprint density at radius 3 is 2.54 bits per heavy atom. The number of nitrogens with one attached hydrogen (secondary N) is 2. The molecule has 1 aliphatic rings. The number of carbonyl (C=O) groups excluding carboxylic acids is 1.